The summed E-state index contributed by atoms with van der Waals surface area (Å²) in [5, 5.41) is 14.8. The van der Waals surface area contributed by atoms with E-state index in [1.807, 2.05) is 26.0 Å². The Bertz CT molecular complexity index is 1050. The van der Waals surface area contributed by atoms with Crippen molar-refractivity contribution in [2.45, 2.75) is 38.8 Å². The van der Waals surface area contributed by atoms with Crippen LogP contribution in [0.3, 0.4) is 0 Å². The minimum Gasteiger partial charge on any atom is -0.465 e. The molecule has 2 aromatic carbocycles. The lowest BCUT2D eigenvalue weighted by molar-refractivity contribution is -0.154. The lowest BCUT2D eigenvalue weighted by Crippen LogP contribution is -2.59. The topological polar surface area (TPSA) is 95.9 Å². The van der Waals surface area contributed by atoms with Gasteiger partial charge in [-0.25, -0.2) is 4.79 Å². The minimum absolute atomic E-state index is 0.237. The summed E-state index contributed by atoms with van der Waals surface area (Å²) in [6.07, 6.45) is 0.356. The Morgan fingerprint density at radius 1 is 1.12 bits per heavy atom. The van der Waals surface area contributed by atoms with Crippen LogP contribution in [0.4, 0.5) is 0 Å². The van der Waals surface area contributed by atoms with Crippen molar-refractivity contribution in [2.75, 3.05) is 20.2 Å². The largest absolute Gasteiger partial charge is 0.465 e. The molecular weight excluding hydrogens is 444 g/mol. The third-order valence-corrected chi connectivity index (χ3v) is 6.60. The maximum Gasteiger partial charge on any atom is 0.337 e. The molecule has 8 heteroatoms. The number of aliphatic hydroxyl groups is 1. The van der Waals surface area contributed by atoms with Gasteiger partial charge in [-0.15, -0.1) is 0 Å². The number of rotatable bonds is 5. The van der Waals surface area contributed by atoms with Gasteiger partial charge in [0.05, 0.1) is 18.3 Å². The maximum absolute atomic E-state index is 13.1. The number of carbonyl (C=O) groups excluding carboxylic acids is 3. The molecule has 2 aromatic rings. The van der Waals surface area contributed by atoms with Crippen LogP contribution in [0.15, 0.2) is 48.5 Å². The van der Waals surface area contributed by atoms with E-state index in [1.165, 1.54) is 13.2 Å². The fraction of sp³-hybridized carbons (Fsp3) is 0.400. The molecule has 0 aliphatic carbocycles. The maximum atomic E-state index is 13.1. The summed E-state index contributed by atoms with van der Waals surface area (Å²) in [4.78, 5) is 39.2. The number of esters is 1. The predicted molar refractivity (Wildman–Crippen MR) is 125 cm³/mol. The molecule has 176 valence electrons. The quantitative estimate of drug-likeness (QED) is 0.650. The molecule has 2 N–H and O–H groups in total. The summed E-state index contributed by atoms with van der Waals surface area (Å²) in [6.45, 7) is 6.13. The molecule has 0 radical (unpaired) electrons. The Hall–Kier alpha value is -2.90. The average Bonchev–Trinajstić information content (AvgIpc) is 2.80. The molecule has 1 aliphatic heterocycles. The molecule has 1 saturated heterocycles. The van der Waals surface area contributed by atoms with Crippen molar-refractivity contribution >= 4 is 29.4 Å². The van der Waals surface area contributed by atoms with Crippen molar-refractivity contribution < 1.29 is 24.2 Å². The number of likely N-dealkylation sites (tertiary alicyclic amines) is 1. The van der Waals surface area contributed by atoms with E-state index in [0.717, 1.165) is 5.56 Å². The van der Waals surface area contributed by atoms with Crippen molar-refractivity contribution in [1.29, 1.82) is 0 Å². The Morgan fingerprint density at radius 3 is 2.36 bits per heavy atom. The highest BCUT2D eigenvalue weighted by Gasteiger charge is 2.50. The van der Waals surface area contributed by atoms with Crippen LogP contribution in [0.25, 0.3) is 0 Å². The lowest BCUT2D eigenvalue weighted by atomic mass is 9.66. The summed E-state index contributed by atoms with van der Waals surface area (Å²) < 4.78 is 4.69. The average molecular weight is 473 g/mol. The fourth-order valence-electron chi connectivity index (χ4n) is 4.29. The second-order valence-corrected chi connectivity index (χ2v) is 9.46. The van der Waals surface area contributed by atoms with Crippen LogP contribution in [0, 0.1) is 5.41 Å². The Kier molecular flexibility index (Phi) is 7.14. The van der Waals surface area contributed by atoms with E-state index < -0.39 is 28.9 Å². The van der Waals surface area contributed by atoms with Crippen LogP contribution < -0.4 is 5.32 Å². The van der Waals surface area contributed by atoms with Gasteiger partial charge in [0.2, 0.25) is 5.91 Å². The third-order valence-electron chi connectivity index (χ3n) is 6.35. The second kappa shape index (κ2) is 9.53. The number of methoxy groups -OCH3 is 1. The molecule has 2 atom stereocenters. The van der Waals surface area contributed by atoms with Gasteiger partial charge in [-0.05, 0) is 49.2 Å². The molecule has 33 heavy (non-hydrogen) atoms. The second-order valence-electron chi connectivity index (χ2n) is 9.03. The molecule has 0 saturated carbocycles. The van der Waals surface area contributed by atoms with E-state index in [-0.39, 0.29) is 17.0 Å². The van der Waals surface area contributed by atoms with Gasteiger partial charge in [0.1, 0.15) is 6.04 Å². The predicted octanol–water partition coefficient (Wildman–Crippen LogP) is 3.39. The van der Waals surface area contributed by atoms with E-state index in [2.05, 4.69) is 10.1 Å². The zero-order chi connectivity index (χ0) is 24.4. The first-order valence-corrected chi connectivity index (χ1v) is 11.1. The van der Waals surface area contributed by atoms with Gasteiger partial charge in [0.15, 0.2) is 0 Å². The van der Waals surface area contributed by atoms with E-state index in [9.17, 15) is 19.5 Å². The van der Waals surface area contributed by atoms with E-state index in [1.54, 1.807) is 42.2 Å². The van der Waals surface area contributed by atoms with Crippen LogP contribution in [-0.2, 0) is 15.1 Å². The molecule has 0 bridgehead atoms. The van der Waals surface area contributed by atoms with Gasteiger partial charge in [0, 0.05) is 29.1 Å². The highest BCUT2D eigenvalue weighted by atomic mass is 35.5. The Morgan fingerprint density at radius 2 is 1.76 bits per heavy atom. The third kappa shape index (κ3) is 5.04. The standard InChI is InChI=1S/C25H29ClN2O5/c1-16(27-21(29)17-6-5-7-18(14-17)23(31)33-4)22(30)28-13-12-25(32,24(2,3)15-28)19-8-10-20(26)11-9-19/h5-11,14,16,32H,12-13,15H2,1-4H3,(H,27,29)/t16-,25+/m1/s1. The van der Waals surface area contributed by atoms with Gasteiger partial charge >= 0.3 is 5.97 Å². The molecule has 1 fully saturated rings. The number of nitrogens with one attached hydrogen (secondary N) is 1. The molecule has 2 amide bonds. The number of halogens is 1. The molecular formula is C25H29ClN2O5. The Labute approximate surface area is 198 Å². The number of carbonyl (C=O) groups is 3. The number of piperidine rings is 1. The molecule has 3 rings (SSSR count). The van der Waals surface area contributed by atoms with E-state index >= 15 is 0 Å². The van der Waals surface area contributed by atoms with Crippen molar-refractivity contribution in [3.63, 3.8) is 0 Å². The molecule has 0 aromatic heterocycles. The number of hydrogen-bond acceptors (Lipinski definition) is 5. The smallest absolute Gasteiger partial charge is 0.337 e. The highest BCUT2D eigenvalue weighted by molar-refractivity contribution is 6.30. The first kappa shape index (κ1) is 24.7. The van der Waals surface area contributed by atoms with Crippen molar-refractivity contribution in [2.24, 2.45) is 5.41 Å². The van der Waals surface area contributed by atoms with Gasteiger partial charge in [-0.2, -0.15) is 0 Å². The number of nitrogens with zero attached hydrogens (tertiary/aromatic N) is 1. The minimum atomic E-state index is -1.12. The Balaban J connectivity index is 1.69. The summed E-state index contributed by atoms with van der Waals surface area (Å²) in [5.74, 6) is -1.24. The van der Waals surface area contributed by atoms with E-state index in [0.29, 0.717) is 24.5 Å². The fourth-order valence-corrected chi connectivity index (χ4v) is 4.42. The van der Waals surface area contributed by atoms with Gasteiger partial charge < -0.3 is 20.1 Å². The summed E-state index contributed by atoms with van der Waals surface area (Å²) in [6, 6.07) is 12.5. The number of hydrogen-bond donors (Lipinski definition) is 2. The highest BCUT2D eigenvalue weighted by Crippen LogP contribution is 2.46. The SMILES string of the molecule is COC(=O)c1cccc(C(=O)N[C@H](C)C(=O)N2CC[C@](O)(c3ccc(Cl)cc3)C(C)(C)C2)c1. The van der Waals surface area contributed by atoms with Crippen LogP contribution >= 0.6 is 11.6 Å². The molecule has 0 unspecified atom stereocenters. The van der Waals surface area contributed by atoms with Crippen LogP contribution in [0.5, 0.6) is 0 Å². The van der Waals surface area contributed by atoms with Gasteiger partial charge in [-0.3, -0.25) is 9.59 Å². The molecule has 7 nitrogen and oxygen atoms in total. The van der Waals surface area contributed by atoms with Gasteiger partial charge in [-0.1, -0.05) is 43.6 Å². The first-order valence-electron chi connectivity index (χ1n) is 10.7. The van der Waals surface area contributed by atoms with E-state index in [4.69, 9.17) is 11.6 Å². The van der Waals surface area contributed by atoms with Gasteiger partial charge in [0.25, 0.3) is 5.91 Å². The summed E-state index contributed by atoms with van der Waals surface area (Å²) >= 11 is 5.99. The van der Waals surface area contributed by atoms with Crippen LogP contribution in [-0.4, -0.2) is 54.0 Å². The summed E-state index contributed by atoms with van der Waals surface area (Å²) in [5.41, 5.74) is -0.476. The molecule has 1 heterocycles. The van der Waals surface area contributed by atoms with Crippen LogP contribution in [0.2, 0.25) is 5.02 Å². The first-order chi connectivity index (χ1) is 15.5. The monoisotopic (exact) mass is 472 g/mol. The number of amides is 2. The number of benzene rings is 2. The molecule has 0 spiro atoms. The lowest BCUT2D eigenvalue weighted by Gasteiger charge is -2.51. The van der Waals surface area contributed by atoms with Crippen molar-refractivity contribution in [3.8, 4) is 0 Å². The van der Waals surface area contributed by atoms with Crippen LogP contribution in [0.1, 0.15) is 53.5 Å². The van der Waals surface area contributed by atoms with Crippen molar-refractivity contribution in [3.05, 3.63) is 70.2 Å². The zero-order valence-electron chi connectivity index (χ0n) is 19.2. The van der Waals surface area contributed by atoms with Crippen molar-refractivity contribution in [1.82, 2.24) is 10.2 Å². The molecule has 1 aliphatic rings. The summed E-state index contributed by atoms with van der Waals surface area (Å²) in [7, 11) is 1.27. The zero-order valence-corrected chi connectivity index (χ0v) is 20.0. The normalized spacial score (nSPS) is 20.6. The number of ether oxygens (including phenoxy) is 1.